The standard InChI is InChI=1S/C28H41N3O7/c1-4-5-6-7-10-21(26-14-20(29-38-26)9-8-11-27(35)36)31-17-30(15-24(33)28(37)25(34)16-32)22-12-18(2)19(3)13-23(22)31/h12-14,17,21,24-25,28,32-34,37H,4-11,15-16H2,1-3H3/p+1/t21-,24+,25-,28+/m1/s1. The molecular weight excluding hydrogens is 490 g/mol. The third-order valence-electron chi connectivity index (χ3n) is 7.20. The molecule has 0 fully saturated rings. The van der Waals surface area contributed by atoms with Crippen molar-refractivity contribution in [2.75, 3.05) is 6.61 Å². The van der Waals surface area contributed by atoms with E-state index in [4.69, 9.17) is 9.63 Å². The van der Waals surface area contributed by atoms with Gasteiger partial charge in [0.1, 0.15) is 24.9 Å². The highest BCUT2D eigenvalue weighted by molar-refractivity contribution is 5.74. The maximum absolute atomic E-state index is 10.9. The number of aliphatic carboxylic acids is 1. The topological polar surface area (TPSA) is 153 Å². The summed E-state index contributed by atoms with van der Waals surface area (Å²) in [4.78, 5) is 10.9. The average Bonchev–Trinajstić information content (AvgIpc) is 3.48. The SMILES string of the molecule is CCCCCC[C@H](c1cc(CCCC(=O)O)no1)n1c[n+](C[C@H](O)[C@H](O)[C@H](O)CO)c2cc(C)c(C)cc21. The summed E-state index contributed by atoms with van der Waals surface area (Å²) in [6, 6.07) is 5.85. The maximum Gasteiger partial charge on any atom is 0.303 e. The summed E-state index contributed by atoms with van der Waals surface area (Å²) in [5.74, 6) is -0.152. The van der Waals surface area contributed by atoms with E-state index >= 15 is 0 Å². The molecule has 210 valence electrons. The molecule has 0 aliphatic carbocycles. The van der Waals surface area contributed by atoms with E-state index in [1.807, 2.05) is 36.9 Å². The van der Waals surface area contributed by atoms with E-state index < -0.39 is 30.9 Å². The van der Waals surface area contributed by atoms with Crippen LogP contribution in [0.2, 0.25) is 0 Å². The quantitative estimate of drug-likeness (QED) is 0.139. The van der Waals surface area contributed by atoms with Crippen LogP contribution in [-0.4, -0.2) is 66.1 Å². The molecular formula is C28H42N3O7+. The molecule has 3 aromatic rings. The van der Waals surface area contributed by atoms with Gasteiger partial charge in [0.05, 0.1) is 12.3 Å². The molecule has 38 heavy (non-hydrogen) atoms. The van der Waals surface area contributed by atoms with Crippen LogP contribution in [-0.2, 0) is 17.8 Å². The molecule has 0 aliphatic rings. The Balaban J connectivity index is 2.01. The number of nitrogens with zero attached hydrogens (tertiary/aromatic N) is 3. The second-order valence-corrected chi connectivity index (χ2v) is 10.2. The lowest BCUT2D eigenvalue weighted by atomic mass is 10.0. The number of aryl methyl sites for hydroxylation is 3. The smallest absolute Gasteiger partial charge is 0.303 e. The van der Waals surface area contributed by atoms with Crippen molar-refractivity contribution in [1.82, 2.24) is 9.72 Å². The Morgan fingerprint density at radius 2 is 1.79 bits per heavy atom. The van der Waals surface area contributed by atoms with Crippen molar-refractivity contribution in [3.8, 4) is 0 Å². The van der Waals surface area contributed by atoms with Crippen LogP contribution in [0.25, 0.3) is 11.0 Å². The first-order valence-corrected chi connectivity index (χ1v) is 13.5. The van der Waals surface area contributed by atoms with Gasteiger partial charge in [0, 0.05) is 12.5 Å². The number of aliphatic hydroxyl groups excluding tert-OH is 4. The first-order chi connectivity index (χ1) is 18.2. The molecule has 4 atom stereocenters. The zero-order valence-corrected chi connectivity index (χ0v) is 22.6. The molecule has 0 aliphatic heterocycles. The number of hydrogen-bond acceptors (Lipinski definition) is 7. The number of carboxylic acids is 1. The fourth-order valence-electron chi connectivity index (χ4n) is 4.77. The zero-order chi connectivity index (χ0) is 27.8. The summed E-state index contributed by atoms with van der Waals surface area (Å²) in [5.41, 5.74) is 4.69. The van der Waals surface area contributed by atoms with Gasteiger partial charge in [-0.3, -0.25) is 4.79 Å². The summed E-state index contributed by atoms with van der Waals surface area (Å²) < 4.78 is 9.75. The molecule has 2 heterocycles. The number of fused-ring (bicyclic) bond motifs is 1. The van der Waals surface area contributed by atoms with E-state index in [0.29, 0.717) is 24.3 Å². The van der Waals surface area contributed by atoms with E-state index in [0.717, 1.165) is 54.3 Å². The van der Waals surface area contributed by atoms with Crippen molar-refractivity contribution in [3.63, 3.8) is 0 Å². The molecule has 0 spiro atoms. The number of carboxylic acid groups (broad SMARTS) is 1. The second kappa shape index (κ2) is 13.8. The molecule has 0 saturated heterocycles. The van der Waals surface area contributed by atoms with E-state index in [2.05, 4.69) is 22.7 Å². The van der Waals surface area contributed by atoms with Crippen molar-refractivity contribution >= 4 is 17.0 Å². The third-order valence-corrected chi connectivity index (χ3v) is 7.20. The highest BCUT2D eigenvalue weighted by Crippen LogP contribution is 2.30. The molecule has 1 aromatic carbocycles. The minimum atomic E-state index is -1.50. The Labute approximate surface area is 223 Å². The van der Waals surface area contributed by atoms with Crippen molar-refractivity contribution in [2.45, 2.75) is 103 Å². The fourth-order valence-corrected chi connectivity index (χ4v) is 4.77. The van der Waals surface area contributed by atoms with Gasteiger partial charge in [0.25, 0.3) is 0 Å². The molecule has 10 nitrogen and oxygen atoms in total. The van der Waals surface area contributed by atoms with Crippen molar-refractivity contribution in [2.24, 2.45) is 0 Å². The van der Waals surface area contributed by atoms with Crippen LogP contribution >= 0.6 is 0 Å². The van der Waals surface area contributed by atoms with E-state index in [1.54, 1.807) is 0 Å². The van der Waals surface area contributed by atoms with Gasteiger partial charge in [0.15, 0.2) is 22.8 Å². The lowest BCUT2D eigenvalue weighted by Gasteiger charge is -2.20. The van der Waals surface area contributed by atoms with E-state index in [1.165, 1.54) is 0 Å². The number of hydrogen-bond donors (Lipinski definition) is 5. The normalized spacial score (nSPS) is 15.0. The Morgan fingerprint density at radius 1 is 1.05 bits per heavy atom. The Morgan fingerprint density at radius 3 is 2.47 bits per heavy atom. The Kier molecular flexibility index (Phi) is 10.8. The number of carbonyl (C=O) groups is 1. The predicted molar refractivity (Wildman–Crippen MR) is 141 cm³/mol. The Bertz CT molecular complexity index is 1190. The molecule has 5 N–H and O–H groups in total. The van der Waals surface area contributed by atoms with Gasteiger partial charge in [-0.15, -0.1) is 0 Å². The molecule has 0 bridgehead atoms. The molecule has 0 radical (unpaired) electrons. The average molecular weight is 533 g/mol. The van der Waals surface area contributed by atoms with Crippen LogP contribution in [0, 0.1) is 13.8 Å². The second-order valence-electron chi connectivity index (χ2n) is 10.2. The number of benzene rings is 1. The predicted octanol–water partition coefficient (Wildman–Crippen LogP) is 2.58. The zero-order valence-electron chi connectivity index (χ0n) is 22.6. The number of aliphatic hydroxyl groups is 4. The summed E-state index contributed by atoms with van der Waals surface area (Å²) in [5, 5.41) is 53.0. The minimum Gasteiger partial charge on any atom is -0.481 e. The van der Waals surface area contributed by atoms with Gasteiger partial charge in [-0.2, -0.15) is 0 Å². The summed E-state index contributed by atoms with van der Waals surface area (Å²) in [6.07, 6.45) is 3.82. The number of unbranched alkanes of at least 4 members (excludes halogenated alkanes) is 3. The third kappa shape index (κ3) is 7.41. The molecule has 0 unspecified atom stereocenters. The monoisotopic (exact) mass is 532 g/mol. The molecule has 2 aromatic heterocycles. The molecule has 0 saturated carbocycles. The van der Waals surface area contributed by atoms with Crippen LogP contribution in [0.4, 0.5) is 0 Å². The van der Waals surface area contributed by atoms with Gasteiger partial charge >= 0.3 is 5.97 Å². The number of imidazole rings is 1. The van der Waals surface area contributed by atoms with Crippen LogP contribution in [0.15, 0.2) is 29.0 Å². The van der Waals surface area contributed by atoms with Gasteiger partial charge in [0.2, 0.25) is 6.33 Å². The number of aromatic nitrogens is 3. The molecule has 10 heteroatoms. The number of rotatable bonds is 16. The largest absolute Gasteiger partial charge is 0.481 e. The molecule has 3 rings (SSSR count). The van der Waals surface area contributed by atoms with Crippen LogP contribution in [0.1, 0.15) is 80.5 Å². The first kappa shape index (κ1) is 29.8. The first-order valence-electron chi connectivity index (χ1n) is 13.5. The summed E-state index contributed by atoms with van der Waals surface area (Å²) in [6.45, 7) is 5.59. The van der Waals surface area contributed by atoms with E-state index in [-0.39, 0.29) is 19.0 Å². The minimum absolute atomic E-state index is 0.0175. The van der Waals surface area contributed by atoms with Gasteiger partial charge in [-0.25, -0.2) is 9.13 Å². The highest BCUT2D eigenvalue weighted by Gasteiger charge is 2.31. The maximum atomic E-state index is 10.9. The summed E-state index contributed by atoms with van der Waals surface area (Å²) >= 11 is 0. The van der Waals surface area contributed by atoms with Crippen LogP contribution in [0.3, 0.4) is 0 Å². The lowest BCUT2D eigenvalue weighted by molar-refractivity contribution is -0.681. The van der Waals surface area contributed by atoms with Gasteiger partial charge < -0.3 is 30.1 Å². The van der Waals surface area contributed by atoms with Crippen molar-refractivity contribution in [1.29, 1.82) is 0 Å². The highest BCUT2D eigenvalue weighted by atomic mass is 16.5. The summed E-state index contributed by atoms with van der Waals surface area (Å²) in [7, 11) is 0. The lowest BCUT2D eigenvalue weighted by Crippen LogP contribution is -2.48. The van der Waals surface area contributed by atoms with Crippen molar-refractivity contribution in [3.05, 3.63) is 47.1 Å². The fraction of sp³-hybridized carbons (Fsp3) is 0.607. The molecule has 0 amide bonds. The van der Waals surface area contributed by atoms with Crippen molar-refractivity contribution < 1.29 is 39.4 Å². The van der Waals surface area contributed by atoms with Crippen LogP contribution in [0.5, 0.6) is 0 Å². The van der Waals surface area contributed by atoms with E-state index in [9.17, 15) is 25.2 Å². The van der Waals surface area contributed by atoms with Gasteiger partial charge in [-0.05, 0) is 62.8 Å². The Hall–Kier alpha value is -2.79. The van der Waals surface area contributed by atoms with Crippen LogP contribution < -0.4 is 4.57 Å². The van der Waals surface area contributed by atoms with Gasteiger partial charge in [-0.1, -0.05) is 31.3 Å².